The molecular formula is C20H16ClN3O2. The number of nitrogens with zero attached hydrogens (tertiary/aromatic N) is 2. The van der Waals surface area contributed by atoms with Gasteiger partial charge >= 0.3 is 5.97 Å². The number of benzene rings is 2. The van der Waals surface area contributed by atoms with Crippen LogP contribution < -0.4 is 5.32 Å². The summed E-state index contributed by atoms with van der Waals surface area (Å²) < 4.78 is 6.89. The molecular weight excluding hydrogens is 350 g/mol. The SMILES string of the molecule is COC(=O)c1c(C)cc(Nc2cccc(Cl)c2)n2c1nc1ccccc12. The lowest BCUT2D eigenvalue weighted by molar-refractivity contribution is 0.0601. The number of carbonyl (C=O) groups is 1. The summed E-state index contributed by atoms with van der Waals surface area (Å²) in [6, 6.07) is 17.1. The minimum atomic E-state index is -0.405. The minimum absolute atomic E-state index is 0.405. The monoisotopic (exact) mass is 365 g/mol. The number of pyridine rings is 1. The number of rotatable bonds is 3. The molecule has 0 aliphatic heterocycles. The summed E-state index contributed by atoms with van der Waals surface area (Å²) in [7, 11) is 1.37. The van der Waals surface area contributed by atoms with Crippen LogP contribution in [0.15, 0.2) is 54.6 Å². The van der Waals surface area contributed by atoms with Gasteiger partial charge in [-0.3, -0.25) is 4.40 Å². The van der Waals surface area contributed by atoms with Crippen LogP contribution in [0.25, 0.3) is 16.7 Å². The third-order valence-electron chi connectivity index (χ3n) is 4.26. The lowest BCUT2D eigenvalue weighted by Gasteiger charge is -2.14. The van der Waals surface area contributed by atoms with Gasteiger partial charge in [-0.15, -0.1) is 0 Å². The van der Waals surface area contributed by atoms with Crippen LogP contribution in [-0.2, 0) is 4.74 Å². The number of carbonyl (C=O) groups excluding carboxylic acids is 1. The highest BCUT2D eigenvalue weighted by molar-refractivity contribution is 6.30. The predicted octanol–water partition coefficient (Wildman–Crippen LogP) is 4.98. The number of anilines is 2. The van der Waals surface area contributed by atoms with E-state index in [0.29, 0.717) is 16.2 Å². The molecule has 6 heteroatoms. The zero-order chi connectivity index (χ0) is 18.3. The molecule has 5 nitrogen and oxygen atoms in total. The van der Waals surface area contributed by atoms with E-state index in [1.807, 2.05) is 65.9 Å². The van der Waals surface area contributed by atoms with Gasteiger partial charge in [0.15, 0.2) is 5.65 Å². The molecule has 1 N–H and O–H groups in total. The van der Waals surface area contributed by atoms with Crippen LogP contribution in [-0.4, -0.2) is 22.5 Å². The molecule has 0 spiro atoms. The lowest BCUT2D eigenvalue weighted by atomic mass is 10.1. The number of esters is 1. The van der Waals surface area contributed by atoms with E-state index >= 15 is 0 Å². The third-order valence-corrected chi connectivity index (χ3v) is 4.49. The molecule has 2 aromatic heterocycles. The highest BCUT2D eigenvalue weighted by Crippen LogP contribution is 2.29. The summed E-state index contributed by atoms with van der Waals surface area (Å²) in [6.45, 7) is 1.87. The predicted molar refractivity (Wildman–Crippen MR) is 104 cm³/mol. The highest BCUT2D eigenvalue weighted by Gasteiger charge is 2.20. The van der Waals surface area contributed by atoms with E-state index < -0.39 is 5.97 Å². The number of aromatic nitrogens is 2. The molecule has 0 amide bonds. The molecule has 4 aromatic rings. The molecule has 26 heavy (non-hydrogen) atoms. The quantitative estimate of drug-likeness (QED) is 0.520. The van der Waals surface area contributed by atoms with Crippen molar-refractivity contribution in [1.29, 1.82) is 0 Å². The number of fused-ring (bicyclic) bond motifs is 3. The average molecular weight is 366 g/mol. The second-order valence-electron chi connectivity index (χ2n) is 5.97. The topological polar surface area (TPSA) is 55.6 Å². The van der Waals surface area contributed by atoms with E-state index in [0.717, 1.165) is 28.1 Å². The summed E-state index contributed by atoms with van der Waals surface area (Å²) in [4.78, 5) is 17.0. The summed E-state index contributed by atoms with van der Waals surface area (Å²) in [5, 5.41) is 4.02. The normalized spacial score (nSPS) is 11.0. The van der Waals surface area contributed by atoms with Crippen molar-refractivity contribution < 1.29 is 9.53 Å². The van der Waals surface area contributed by atoms with Crippen molar-refractivity contribution in [1.82, 2.24) is 9.38 Å². The Morgan fingerprint density at radius 2 is 1.96 bits per heavy atom. The van der Waals surface area contributed by atoms with Crippen molar-refractivity contribution in [3.05, 3.63) is 70.7 Å². The van der Waals surface area contributed by atoms with Crippen LogP contribution in [0.5, 0.6) is 0 Å². The van der Waals surface area contributed by atoms with Gasteiger partial charge in [-0.1, -0.05) is 29.8 Å². The fourth-order valence-corrected chi connectivity index (χ4v) is 3.31. The molecule has 130 valence electrons. The number of imidazole rings is 1. The van der Waals surface area contributed by atoms with E-state index in [9.17, 15) is 4.79 Å². The number of aryl methyl sites for hydroxylation is 1. The second-order valence-corrected chi connectivity index (χ2v) is 6.41. The number of hydrogen-bond acceptors (Lipinski definition) is 4. The van der Waals surface area contributed by atoms with Crippen LogP contribution in [0.4, 0.5) is 11.5 Å². The number of hydrogen-bond donors (Lipinski definition) is 1. The highest BCUT2D eigenvalue weighted by atomic mass is 35.5. The fraction of sp³-hybridized carbons (Fsp3) is 0.100. The number of para-hydroxylation sites is 2. The number of halogens is 1. The Morgan fingerprint density at radius 3 is 2.73 bits per heavy atom. The second kappa shape index (κ2) is 6.35. The van der Waals surface area contributed by atoms with E-state index in [2.05, 4.69) is 10.3 Å². The van der Waals surface area contributed by atoms with Gasteiger partial charge in [-0.2, -0.15) is 0 Å². The van der Waals surface area contributed by atoms with Gasteiger partial charge in [0.1, 0.15) is 11.4 Å². The third kappa shape index (κ3) is 2.66. The zero-order valence-electron chi connectivity index (χ0n) is 14.3. The molecule has 0 unspecified atom stereocenters. The summed E-state index contributed by atoms with van der Waals surface area (Å²) in [5.74, 6) is 0.387. The van der Waals surface area contributed by atoms with Gasteiger partial charge in [0.05, 0.1) is 18.1 Å². The standard InChI is InChI=1S/C20H16ClN3O2/c1-12-10-17(22-14-7-5-6-13(21)11-14)24-16-9-4-3-8-15(16)23-19(24)18(12)20(25)26-2/h3-11,22H,1-2H3. The van der Waals surface area contributed by atoms with Gasteiger partial charge in [0.2, 0.25) is 0 Å². The van der Waals surface area contributed by atoms with Crippen molar-refractivity contribution in [2.75, 3.05) is 12.4 Å². The van der Waals surface area contributed by atoms with Crippen LogP contribution in [0.2, 0.25) is 5.02 Å². The van der Waals surface area contributed by atoms with Crippen molar-refractivity contribution in [3.63, 3.8) is 0 Å². The Morgan fingerprint density at radius 1 is 1.15 bits per heavy atom. The summed E-state index contributed by atoms with van der Waals surface area (Å²) >= 11 is 6.10. The van der Waals surface area contributed by atoms with Crippen LogP contribution in [0.3, 0.4) is 0 Å². The lowest BCUT2D eigenvalue weighted by Crippen LogP contribution is -2.09. The summed E-state index contributed by atoms with van der Waals surface area (Å²) in [5.41, 5.74) is 4.35. The first-order chi connectivity index (χ1) is 12.6. The molecule has 2 heterocycles. The van der Waals surface area contributed by atoms with Gasteiger partial charge < -0.3 is 10.1 Å². The Kier molecular flexibility index (Phi) is 4.01. The maximum atomic E-state index is 12.3. The first-order valence-electron chi connectivity index (χ1n) is 8.10. The van der Waals surface area contributed by atoms with Crippen LogP contribution >= 0.6 is 11.6 Å². The maximum absolute atomic E-state index is 12.3. The van der Waals surface area contributed by atoms with E-state index in [1.165, 1.54) is 7.11 Å². The van der Waals surface area contributed by atoms with Crippen molar-refractivity contribution in [2.45, 2.75) is 6.92 Å². The molecule has 0 atom stereocenters. The zero-order valence-corrected chi connectivity index (χ0v) is 15.0. The van der Waals surface area contributed by atoms with Crippen LogP contribution in [0, 0.1) is 6.92 Å². The van der Waals surface area contributed by atoms with E-state index in [1.54, 1.807) is 0 Å². The van der Waals surface area contributed by atoms with Crippen LogP contribution in [0.1, 0.15) is 15.9 Å². The number of nitrogens with one attached hydrogen (secondary N) is 1. The van der Waals surface area contributed by atoms with Gasteiger partial charge in [0, 0.05) is 10.7 Å². The van der Waals surface area contributed by atoms with Crippen molar-refractivity contribution in [3.8, 4) is 0 Å². The molecule has 0 aliphatic rings. The Hall–Kier alpha value is -3.05. The molecule has 2 aromatic carbocycles. The Bertz CT molecular complexity index is 1150. The maximum Gasteiger partial charge on any atom is 0.341 e. The van der Waals surface area contributed by atoms with Crippen molar-refractivity contribution >= 4 is 45.8 Å². The fourth-order valence-electron chi connectivity index (χ4n) is 3.12. The smallest absolute Gasteiger partial charge is 0.341 e. The molecule has 0 radical (unpaired) electrons. The van der Waals surface area contributed by atoms with Gasteiger partial charge in [-0.05, 0) is 48.9 Å². The van der Waals surface area contributed by atoms with E-state index in [4.69, 9.17) is 16.3 Å². The molecule has 0 fully saturated rings. The van der Waals surface area contributed by atoms with E-state index in [-0.39, 0.29) is 0 Å². The summed E-state index contributed by atoms with van der Waals surface area (Å²) in [6.07, 6.45) is 0. The number of ether oxygens (including phenoxy) is 1. The number of methoxy groups -OCH3 is 1. The molecule has 0 aliphatic carbocycles. The molecule has 0 saturated carbocycles. The minimum Gasteiger partial charge on any atom is -0.465 e. The average Bonchev–Trinajstić information content (AvgIpc) is 3.00. The van der Waals surface area contributed by atoms with Gasteiger partial charge in [-0.25, -0.2) is 9.78 Å². The first kappa shape index (κ1) is 16.4. The molecule has 4 rings (SSSR count). The molecule has 0 bridgehead atoms. The largest absolute Gasteiger partial charge is 0.465 e. The van der Waals surface area contributed by atoms with Crippen molar-refractivity contribution in [2.24, 2.45) is 0 Å². The Labute approximate surface area is 155 Å². The first-order valence-corrected chi connectivity index (χ1v) is 8.48. The Balaban J connectivity index is 2.02. The van der Waals surface area contributed by atoms with Gasteiger partial charge in [0.25, 0.3) is 0 Å². The molecule has 0 saturated heterocycles.